The van der Waals surface area contributed by atoms with E-state index in [4.69, 9.17) is 15.0 Å². The Balaban J connectivity index is 1.40. The molecule has 0 radical (unpaired) electrons. The van der Waals surface area contributed by atoms with Crippen molar-refractivity contribution in [2.75, 3.05) is 39.5 Å². The van der Waals surface area contributed by atoms with Crippen LogP contribution in [0, 0.1) is 5.82 Å². The van der Waals surface area contributed by atoms with E-state index in [1.54, 1.807) is 18.2 Å². The number of rotatable bonds is 10. The molecule has 3 rings (SSSR count). The van der Waals surface area contributed by atoms with Crippen LogP contribution in [0.2, 0.25) is 0 Å². The summed E-state index contributed by atoms with van der Waals surface area (Å²) in [4.78, 5) is 14.9. The second-order valence-electron chi connectivity index (χ2n) is 6.29. The maximum absolute atomic E-state index is 13.4. The number of azide groups is 1. The summed E-state index contributed by atoms with van der Waals surface area (Å²) in [5.41, 5.74) is 12.8. The fraction of sp³-hybridized carbons (Fsp3) is 0.350. The van der Waals surface area contributed by atoms with Crippen molar-refractivity contribution in [3.63, 3.8) is 0 Å². The quantitative estimate of drug-likeness (QED) is 0.251. The topological polar surface area (TPSA) is 96.3 Å². The first-order valence-corrected chi connectivity index (χ1v) is 9.05. The SMILES string of the molecule is [N-]=[N+]=NCCOCCOCCNC(=O)c1ccc2c(c1)Cc1cc(F)ccc1-2. The van der Waals surface area contributed by atoms with Crippen LogP contribution in [0.1, 0.15) is 21.5 Å². The van der Waals surface area contributed by atoms with Crippen molar-refractivity contribution in [2.24, 2.45) is 5.11 Å². The zero-order valence-electron chi connectivity index (χ0n) is 15.4. The lowest BCUT2D eigenvalue weighted by Gasteiger charge is -2.08. The molecule has 2 aromatic rings. The summed E-state index contributed by atoms with van der Waals surface area (Å²) >= 11 is 0. The number of hydrogen-bond acceptors (Lipinski definition) is 4. The monoisotopic (exact) mass is 384 g/mol. The molecule has 0 heterocycles. The minimum absolute atomic E-state index is 0.167. The molecule has 0 bridgehead atoms. The molecule has 0 spiro atoms. The van der Waals surface area contributed by atoms with Crippen LogP contribution in [0.4, 0.5) is 4.39 Å². The van der Waals surface area contributed by atoms with E-state index in [1.165, 1.54) is 6.07 Å². The van der Waals surface area contributed by atoms with E-state index in [0.29, 0.717) is 51.5 Å². The molecule has 1 aliphatic carbocycles. The maximum atomic E-state index is 13.4. The number of halogens is 1. The molecule has 0 unspecified atom stereocenters. The molecule has 0 saturated carbocycles. The fourth-order valence-electron chi connectivity index (χ4n) is 3.13. The van der Waals surface area contributed by atoms with Gasteiger partial charge in [-0.3, -0.25) is 4.79 Å². The van der Waals surface area contributed by atoms with Crippen molar-refractivity contribution < 1.29 is 18.7 Å². The van der Waals surface area contributed by atoms with E-state index in [2.05, 4.69) is 15.3 Å². The van der Waals surface area contributed by atoms with Gasteiger partial charge in [0, 0.05) is 23.6 Å². The lowest BCUT2D eigenvalue weighted by molar-refractivity contribution is 0.0511. The number of nitrogens with zero attached hydrogens (tertiary/aromatic N) is 3. The number of benzene rings is 2. The van der Waals surface area contributed by atoms with Gasteiger partial charge >= 0.3 is 0 Å². The molecule has 0 aliphatic heterocycles. The number of hydrogen-bond donors (Lipinski definition) is 1. The van der Waals surface area contributed by atoms with Crippen LogP contribution < -0.4 is 5.32 Å². The van der Waals surface area contributed by atoms with Gasteiger partial charge in [0.2, 0.25) is 0 Å². The summed E-state index contributed by atoms with van der Waals surface area (Å²) in [6, 6.07) is 10.4. The number of carbonyl (C=O) groups excluding carboxylic acids is 1. The van der Waals surface area contributed by atoms with Crippen molar-refractivity contribution in [1.29, 1.82) is 0 Å². The van der Waals surface area contributed by atoms with E-state index >= 15 is 0 Å². The molecular formula is C20H21FN4O3. The van der Waals surface area contributed by atoms with Gasteiger partial charge in [0.1, 0.15) is 5.82 Å². The molecular weight excluding hydrogens is 363 g/mol. The van der Waals surface area contributed by atoms with E-state index in [-0.39, 0.29) is 11.7 Å². The fourth-order valence-corrected chi connectivity index (χ4v) is 3.13. The van der Waals surface area contributed by atoms with Crippen LogP contribution >= 0.6 is 0 Å². The summed E-state index contributed by atoms with van der Waals surface area (Å²) < 4.78 is 24.0. The molecule has 0 aromatic heterocycles. The normalized spacial score (nSPS) is 11.5. The van der Waals surface area contributed by atoms with E-state index in [0.717, 1.165) is 22.3 Å². The predicted octanol–water partition coefficient (Wildman–Crippen LogP) is 3.47. The Morgan fingerprint density at radius 3 is 2.57 bits per heavy atom. The molecule has 8 heteroatoms. The minimum atomic E-state index is -0.245. The van der Waals surface area contributed by atoms with Crippen LogP contribution in [0.3, 0.4) is 0 Å². The molecule has 1 amide bonds. The van der Waals surface area contributed by atoms with E-state index < -0.39 is 0 Å². The molecule has 0 fully saturated rings. The first-order valence-electron chi connectivity index (χ1n) is 9.05. The van der Waals surface area contributed by atoms with Crippen LogP contribution in [0.25, 0.3) is 21.6 Å². The highest BCUT2D eigenvalue weighted by atomic mass is 19.1. The molecule has 0 atom stereocenters. The third-order valence-corrected chi connectivity index (χ3v) is 4.41. The number of nitrogens with one attached hydrogen (secondary N) is 1. The average molecular weight is 384 g/mol. The zero-order valence-corrected chi connectivity index (χ0v) is 15.4. The highest BCUT2D eigenvalue weighted by molar-refractivity contribution is 5.95. The largest absolute Gasteiger partial charge is 0.379 e. The van der Waals surface area contributed by atoms with Gasteiger partial charge in [0.25, 0.3) is 5.91 Å². The van der Waals surface area contributed by atoms with Crippen LogP contribution in [-0.4, -0.2) is 45.4 Å². The number of fused-ring (bicyclic) bond motifs is 3. The minimum Gasteiger partial charge on any atom is -0.379 e. The number of ether oxygens (including phenoxy) is 2. The van der Waals surface area contributed by atoms with Crippen LogP contribution in [0.15, 0.2) is 41.5 Å². The average Bonchev–Trinajstić information content (AvgIpc) is 3.05. The van der Waals surface area contributed by atoms with Crippen molar-refractivity contribution in [2.45, 2.75) is 6.42 Å². The third kappa shape index (κ3) is 5.07. The summed E-state index contributed by atoms with van der Waals surface area (Å²) in [6.45, 7) is 2.23. The molecule has 28 heavy (non-hydrogen) atoms. The first-order chi connectivity index (χ1) is 13.7. The van der Waals surface area contributed by atoms with Crippen molar-refractivity contribution >= 4 is 5.91 Å². The summed E-state index contributed by atoms with van der Waals surface area (Å²) in [5.74, 6) is -0.412. The Morgan fingerprint density at radius 2 is 1.79 bits per heavy atom. The summed E-state index contributed by atoms with van der Waals surface area (Å²) in [7, 11) is 0. The second-order valence-corrected chi connectivity index (χ2v) is 6.29. The number of amides is 1. The molecule has 1 N–H and O–H groups in total. The summed E-state index contributed by atoms with van der Waals surface area (Å²) in [5, 5.41) is 6.17. The smallest absolute Gasteiger partial charge is 0.251 e. The van der Waals surface area contributed by atoms with Crippen LogP contribution in [0.5, 0.6) is 0 Å². The van der Waals surface area contributed by atoms with E-state index in [9.17, 15) is 9.18 Å². The lowest BCUT2D eigenvalue weighted by atomic mass is 10.0. The van der Waals surface area contributed by atoms with Gasteiger partial charge in [-0.25, -0.2) is 4.39 Å². The van der Waals surface area contributed by atoms with Crippen molar-refractivity contribution in [3.05, 3.63) is 69.3 Å². The Labute approximate surface area is 162 Å². The van der Waals surface area contributed by atoms with Crippen molar-refractivity contribution in [1.82, 2.24) is 5.32 Å². The zero-order chi connectivity index (χ0) is 19.8. The third-order valence-electron chi connectivity index (χ3n) is 4.41. The number of carbonyl (C=O) groups is 1. The Kier molecular flexibility index (Phi) is 6.97. The second kappa shape index (κ2) is 9.85. The van der Waals surface area contributed by atoms with Gasteiger partial charge in [0.15, 0.2) is 0 Å². The molecule has 1 aliphatic rings. The van der Waals surface area contributed by atoms with Crippen molar-refractivity contribution in [3.8, 4) is 11.1 Å². The first kappa shape index (κ1) is 19.8. The molecule has 0 saturated heterocycles. The Hall–Kier alpha value is -2.93. The maximum Gasteiger partial charge on any atom is 0.251 e. The van der Waals surface area contributed by atoms with Gasteiger partial charge in [-0.05, 0) is 58.5 Å². The Morgan fingerprint density at radius 1 is 1.07 bits per heavy atom. The highest BCUT2D eigenvalue weighted by Gasteiger charge is 2.20. The highest BCUT2D eigenvalue weighted by Crippen LogP contribution is 2.37. The van der Waals surface area contributed by atoms with Gasteiger partial charge < -0.3 is 14.8 Å². The van der Waals surface area contributed by atoms with Gasteiger partial charge in [-0.2, -0.15) is 0 Å². The standard InChI is InChI=1S/C20H21FN4O3/c21-17-2-4-19-16(13-17)12-15-11-14(1-3-18(15)19)20(26)23-5-7-27-9-10-28-8-6-24-25-22/h1-4,11,13H,5-10,12H2,(H,23,26). The molecule has 7 nitrogen and oxygen atoms in total. The van der Waals surface area contributed by atoms with Gasteiger partial charge in [-0.15, -0.1) is 0 Å². The molecule has 146 valence electrons. The Bertz CT molecular complexity index is 897. The van der Waals surface area contributed by atoms with Gasteiger partial charge in [0.05, 0.1) is 26.4 Å². The van der Waals surface area contributed by atoms with Gasteiger partial charge in [-0.1, -0.05) is 17.2 Å². The summed E-state index contributed by atoms with van der Waals surface area (Å²) in [6.07, 6.45) is 0.631. The van der Waals surface area contributed by atoms with E-state index in [1.807, 2.05) is 12.1 Å². The predicted molar refractivity (Wildman–Crippen MR) is 103 cm³/mol. The lowest BCUT2D eigenvalue weighted by Crippen LogP contribution is -2.27. The van der Waals surface area contributed by atoms with Crippen LogP contribution in [-0.2, 0) is 15.9 Å². The molecule has 2 aromatic carbocycles.